The second-order valence-electron chi connectivity index (χ2n) is 7.90. The number of likely N-dealkylation sites (tertiary alicyclic amines) is 1. The molecule has 2 aliphatic rings. The molecule has 1 aromatic heterocycles. The number of furan rings is 1. The molecule has 0 spiro atoms. The van der Waals surface area contributed by atoms with Gasteiger partial charge in [0.05, 0.1) is 0 Å². The Hall–Kier alpha value is -2.56. The highest BCUT2D eigenvalue weighted by Crippen LogP contribution is 2.36. The van der Waals surface area contributed by atoms with Crippen LogP contribution >= 0.6 is 0 Å². The van der Waals surface area contributed by atoms with Gasteiger partial charge in [0.1, 0.15) is 5.76 Å². The van der Waals surface area contributed by atoms with Gasteiger partial charge in [-0.15, -0.1) is 0 Å². The van der Waals surface area contributed by atoms with E-state index in [1.165, 1.54) is 25.7 Å². The maximum Gasteiger partial charge on any atom is 0.289 e. The molecule has 148 valence electrons. The molecular weight excluding hydrogens is 352 g/mol. The van der Waals surface area contributed by atoms with E-state index >= 15 is 0 Å². The zero-order chi connectivity index (χ0) is 19.5. The number of amides is 2. The number of fused-ring (bicyclic) bond motifs is 1. The summed E-state index contributed by atoms with van der Waals surface area (Å²) in [4.78, 5) is 26.6. The van der Waals surface area contributed by atoms with Crippen LogP contribution in [-0.4, -0.2) is 29.3 Å². The number of piperidine rings is 1. The molecule has 0 unspecified atom stereocenters. The third kappa shape index (κ3) is 3.84. The van der Waals surface area contributed by atoms with Crippen LogP contribution in [0.5, 0.6) is 0 Å². The molecule has 2 heterocycles. The lowest BCUT2D eigenvalue weighted by molar-refractivity contribution is -0.115. The number of nitrogens with one attached hydrogen (secondary N) is 1. The zero-order valence-electron chi connectivity index (χ0n) is 16.4. The third-order valence-corrected chi connectivity index (χ3v) is 6.10. The molecule has 2 fully saturated rings. The second kappa shape index (κ2) is 8.21. The van der Waals surface area contributed by atoms with Crippen LogP contribution in [0.3, 0.4) is 0 Å². The Morgan fingerprint density at radius 3 is 2.57 bits per heavy atom. The van der Waals surface area contributed by atoms with Crippen LogP contribution in [0.1, 0.15) is 62.4 Å². The molecule has 1 saturated heterocycles. The van der Waals surface area contributed by atoms with Crippen LogP contribution in [-0.2, 0) is 4.79 Å². The molecule has 2 aromatic rings. The summed E-state index contributed by atoms with van der Waals surface area (Å²) < 4.78 is 5.93. The zero-order valence-corrected chi connectivity index (χ0v) is 16.4. The van der Waals surface area contributed by atoms with Gasteiger partial charge in [-0.2, -0.15) is 0 Å². The molecule has 28 heavy (non-hydrogen) atoms. The largest absolute Gasteiger partial charge is 0.451 e. The summed E-state index contributed by atoms with van der Waals surface area (Å²) in [6.45, 7) is 2.66. The molecule has 2 atom stereocenters. The van der Waals surface area contributed by atoms with E-state index in [2.05, 4.69) is 10.2 Å². The molecule has 0 bridgehead atoms. The predicted molar refractivity (Wildman–Crippen MR) is 109 cm³/mol. The first-order valence-corrected chi connectivity index (χ1v) is 10.5. The van der Waals surface area contributed by atoms with Crippen LogP contribution in [0.2, 0.25) is 0 Å². The Kier molecular flexibility index (Phi) is 5.51. The maximum absolute atomic E-state index is 13.1. The highest BCUT2D eigenvalue weighted by Gasteiger charge is 2.36. The van der Waals surface area contributed by atoms with Gasteiger partial charge in [0.15, 0.2) is 5.76 Å². The first-order valence-electron chi connectivity index (χ1n) is 10.5. The lowest BCUT2D eigenvalue weighted by atomic mass is 9.78. The summed E-state index contributed by atoms with van der Waals surface area (Å²) in [6, 6.07) is 11.5. The van der Waals surface area contributed by atoms with E-state index < -0.39 is 0 Å². The standard InChI is InChI=1S/C23H28N2O3/c1-2-22(26)24-18-11-9-17(10-12-18)20-13-14-21(28-20)23(27)25-15-5-7-16-6-3-4-8-19(16)25/h9-14,16,19H,2-8,15H2,1H3,(H,24,26)/t16-,19-/m0/s1. The van der Waals surface area contributed by atoms with Gasteiger partial charge in [-0.05, 0) is 68.0 Å². The van der Waals surface area contributed by atoms with E-state index in [0.29, 0.717) is 29.9 Å². The molecule has 5 nitrogen and oxygen atoms in total. The van der Waals surface area contributed by atoms with Crippen molar-refractivity contribution in [2.45, 2.75) is 57.9 Å². The molecule has 4 rings (SSSR count). The number of hydrogen-bond acceptors (Lipinski definition) is 3. The molecule has 1 aromatic carbocycles. The monoisotopic (exact) mass is 380 g/mol. The molecule has 0 radical (unpaired) electrons. The fourth-order valence-corrected chi connectivity index (χ4v) is 4.59. The minimum Gasteiger partial charge on any atom is -0.451 e. The highest BCUT2D eigenvalue weighted by molar-refractivity contribution is 5.93. The maximum atomic E-state index is 13.1. The fraction of sp³-hybridized carbons (Fsp3) is 0.478. The molecule has 1 saturated carbocycles. The van der Waals surface area contributed by atoms with Crippen molar-refractivity contribution in [2.75, 3.05) is 11.9 Å². The summed E-state index contributed by atoms with van der Waals surface area (Å²) in [7, 11) is 0. The Balaban J connectivity index is 1.47. The van der Waals surface area contributed by atoms with Gasteiger partial charge in [0.2, 0.25) is 5.91 Å². The number of carbonyl (C=O) groups is 2. The number of carbonyl (C=O) groups excluding carboxylic acids is 2. The van der Waals surface area contributed by atoms with Gasteiger partial charge in [-0.3, -0.25) is 9.59 Å². The smallest absolute Gasteiger partial charge is 0.289 e. The average molecular weight is 380 g/mol. The summed E-state index contributed by atoms with van der Waals surface area (Å²) in [5.41, 5.74) is 1.65. The van der Waals surface area contributed by atoms with Gasteiger partial charge in [-0.25, -0.2) is 0 Å². The minimum atomic E-state index is -0.0128. The average Bonchev–Trinajstić information content (AvgIpc) is 3.23. The number of anilines is 1. The first-order chi connectivity index (χ1) is 13.7. The Morgan fingerprint density at radius 2 is 1.79 bits per heavy atom. The van der Waals surface area contributed by atoms with Crippen molar-refractivity contribution in [1.29, 1.82) is 0 Å². The van der Waals surface area contributed by atoms with E-state index in [1.54, 1.807) is 6.07 Å². The summed E-state index contributed by atoms with van der Waals surface area (Å²) in [5, 5.41) is 2.83. The van der Waals surface area contributed by atoms with E-state index in [-0.39, 0.29) is 11.8 Å². The van der Waals surface area contributed by atoms with Gasteiger partial charge in [-0.1, -0.05) is 19.8 Å². The van der Waals surface area contributed by atoms with E-state index in [0.717, 1.165) is 30.6 Å². The van der Waals surface area contributed by atoms with E-state index in [1.807, 2.05) is 37.3 Å². The molecule has 1 N–H and O–H groups in total. The predicted octanol–water partition coefficient (Wildman–Crippen LogP) is 5.09. The minimum absolute atomic E-state index is 0.0128. The van der Waals surface area contributed by atoms with Gasteiger partial charge in [0.25, 0.3) is 5.91 Å². The Labute approximate surface area is 166 Å². The Bertz CT molecular complexity index is 838. The summed E-state index contributed by atoms with van der Waals surface area (Å²) in [5.74, 6) is 1.76. The van der Waals surface area contributed by atoms with Crippen molar-refractivity contribution in [3.8, 4) is 11.3 Å². The first kappa shape index (κ1) is 18.8. The van der Waals surface area contributed by atoms with Crippen molar-refractivity contribution in [3.05, 3.63) is 42.2 Å². The number of benzene rings is 1. The topological polar surface area (TPSA) is 62.6 Å². The highest BCUT2D eigenvalue weighted by atomic mass is 16.4. The molecule has 2 amide bonds. The van der Waals surface area contributed by atoms with E-state index in [9.17, 15) is 9.59 Å². The SMILES string of the molecule is CCC(=O)Nc1ccc(-c2ccc(C(=O)N3CCC[C@@H]4CCCC[C@@H]43)o2)cc1. The lowest BCUT2D eigenvalue weighted by Gasteiger charge is -2.43. The lowest BCUT2D eigenvalue weighted by Crippen LogP contribution is -2.49. The molecule has 5 heteroatoms. The molecule has 1 aliphatic heterocycles. The van der Waals surface area contributed by atoms with Gasteiger partial charge < -0.3 is 14.6 Å². The summed E-state index contributed by atoms with van der Waals surface area (Å²) in [6.07, 6.45) is 7.67. The van der Waals surface area contributed by atoms with Crippen molar-refractivity contribution in [2.24, 2.45) is 5.92 Å². The number of hydrogen-bond donors (Lipinski definition) is 1. The number of rotatable bonds is 4. The van der Waals surface area contributed by atoms with Crippen LogP contribution < -0.4 is 5.32 Å². The molecular formula is C23H28N2O3. The Morgan fingerprint density at radius 1 is 1.04 bits per heavy atom. The van der Waals surface area contributed by atoms with E-state index in [4.69, 9.17) is 4.42 Å². The van der Waals surface area contributed by atoms with Crippen molar-refractivity contribution < 1.29 is 14.0 Å². The van der Waals surface area contributed by atoms with Gasteiger partial charge >= 0.3 is 0 Å². The normalized spacial score (nSPS) is 21.8. The van der Waals surface area contributed by atoms with Crippen molar-refractivity contribution in [1.82, 2.24) is 4.90 Å². The van der Waals surface area contributed by atoms with Gasteiger partial charge in [0, 0.05) is 30.3 Å². The van der Waals surface area contributed by atoms with Crippen LogP contribution in [0.25, 0.3) is 11.3 Å². The van der Waals surface area contributed by atoms with Crippen LogP contribution in [0, 0.1) is 5.92 Å². The van der Waals surface area contributed by atoms with Crippen molar-refractivity contribution in [3.63, 3.8) is 0 Å². The molecule has 1 aliphatic carbocycles. The third-order valence-electron chi connectivity index (χ3n) is 6.10. The van der Waals surface area contributed by atoms with Crippen LogP contribution in [0.15, 0.2) is 40.8 Å². The van der Waals surface area contributed by atoms with Crippen molar-refractivity contribution >= 4 is 17.5 Å². The number of nitrogens with zero attached hydrogens (tertiary/aromatic N) is 1. The second-order valence-corrected chi connectivity index (χ2v) is 7.90. The fourth-order valence-electron chi connectivity index (χ4n) is 4.59. The summed E-state index contributed by atoms with van der Waals surface area (Å²) >= 11 is 0. The van der Waals surface area contributed by atoms with Crippen LogP contribution in [0.4, 0.5) is 5.69 Å². The quantitative estimate of drug-likeness (QED) is 0.803.